The van der Waals surface area contributed by atoms with Gasteiger partial charge in [0, 0.05) is 18.3 Å². The zero-order chi connectivity index (χ0) is 11.4. The molecular weight excluding hydrogens is 194 g/mol. The zero-order valence-corrected chi connectivity index (χ0v) is 10.4. The standard InChI is InChI=1S/C15H21N/c1-3-4-5-6-10-16-11-9-14-12-13(2)7-8-15(14)16/h7-9,11-12H,3-6,10H2,1-2H3. The van der Waals surface area contributed by atoms with Crippen molar-refractivity contribution in [2.24, 2.45) is 0 Å². The molecule has 0 atom stereocenters. The van der Waals surface area contributed by atoms with Crippen LogP contribution in [-0.2, 0) is 6.54 Å². The molecule has 0 unspecified atom stereocenters. The van der Waals surface area contributed by atoms with Crippen LogP contribution in [0.25, 0.3) is 10.9 Å². The topological polar surface area (TPSA) is 4.93 Å². The Labute approximate surface area is 98.1 Å². The van der Waals surface area contributed by atoms with Crippen LogP contribution in [-0.4, -0.2) is 4.57 Å². The monoisotopic (exact) mass is 215 g/mol. The average molecular weight is 215 g/mol. The molecule has 0 amide bonds. The molecule has 0 radical (unpaired) electrons. The van der Waals surface area contributed by atoms with Crippen LogP contribution in [0, 0.1) is 6.92 Å². The highest BCUT2D eigenvalue weighted by atomic mass is 14.9. The van der Waals surface area contributed by atoms with Crippen molar-refractivity contribution in [2.75, 3.05) is 0 Å². The Morgan fingerprint density at radius 2 is 1.94 bits per heavy atom. The van der Waals surface area contributed by atoms with Crippen LogP contribution in [0.5, 0.6) is 0 Å². The summed E-state index contributed by atoms with van der Waals surface area (Å²) >= 11 is 0. The lowest BCUT2D eigenvalue weighted by Gasteiger charge is -2.05. The summed E-state index contributed by atoms with van der Waals surface area (Å²) < 4.78 is 2.38. The van der Waals surface area contributed by atoms with Gasteiger partial charge in [-0.2, -0.15) is 0 Å². The maximum atomic E-state index is 2.38. The van der Waals surface area contributed by atoms with E-state index in [1.54, 1.807) is 0 Å². The third kappa shape index (κ3) is 2.46. The van der Waals surface area contributed by atoms with Crippen LogP contribution in [0.15, 0.2) is 30.5 Å². The molecule has 2 rings (SSSR count). The van der Waals surface area contributed by atoms with E-state index in [2.05, 4.69) is 48.9 Å². The van der Waals surface area contributed by atoms with Crippen molar-refractivity contribution in [3.63, 3.8) is 0 Å². The van der Waals surface area contributed by atoms with Crippen LogP contribution in [0.2, 0.25) is 0 Å². The number of benzene rings is 1. The molecule has 1 nitrogen and oxygen atoms in total. The minimum absolute atomic E-state index is 1.16. The van der Waals surface area contributed by atoms with Crippen molar-refractivity contribution >= 4 is 10.9 Å². The third-order valence-corrected chi connectivity index (χ3v) is 3.18. The quantitative estimate of drug-likeness (QED) is 0.646. The van der Waals surface area contributed by atoms with E-state index in [4.69, 9.17) is 0 Å². The maximum Gasteiger partial charge on any atom is 0.0480 e. The Bertz CT molecular complexity index is 453. The molecule has 0 aliphatic carbocycles. The number of aryl methyl sites for hydroxylation is 2. The van der Waals surface area contributed by atoms with Gasteiger partial charge in [-0.3, -0.25) is 0 Å². The van der Waals surface area contributed by atoms with Crippen LogP contribution >= 0.6 is 0 Å². The molecule has 0 fully saturated rings. The first-order chi connectivity index (χ1) is 7.81. The van der Waals surface area contributed by atoms with Crippen molar-refractivity contribution in [3.8, 4) is 0 Å². The first-order valence-electron chi connectivity index (χ1n) is 6.37. The van der Waals surface area contributed by atoms with Crippen molar-refractivity contribution in [1.82, 2.24) is 4.57 Å². The van der Waals surface area contributed by atoms with Crippen molar-refractivity contribution < 1.29 is 0 Å². The number of aromatic nitrogens is 1. The van der Waals surface area contributed by atoms with Crippen LogP contribution in [0.3, 0.4) is 0 Å². The highest BCUT2D eigenvalue weighted by molar-refractivity contribution is 5.80. The van der Waals surface area contributed by atoms with Gasteiger partial charge in [-0.25, -0.2) is 0 Å². The van der Waals surface area contributed by atoms with Crippen molar-refractivity contribution in [1.29, 1.82) is 0 Å². The van der Waals surface area contributed by atoms with E-state index in [-0.39, 0.29) is 0 Å². The molecule has 0 bridgehead atoms. The molecule has 1 aromatic carbocycles. The number of hydrogen-bond acceptors (Lipinski definition) is 0. The molecule has 0 saturated carbocycles. The summed E-state index contributed by atoms with van der Waals surface area (Å²) in [6.07, 6.45) is 7.54. The molecule has 0 spiro atoms. The molecule has 0 saturated heterocycles. The number of unbranched alkanes of at least 4 members (excludes halogenated alkanes) is 3. The van der Waals surface area contributed by atoms with E-state index < -0.39 is 0 Å². The molecule has 1 heteroatoms. The predicted molar refractivity (Wildman–Crippen MR) is 70.8 cm³/mol. The summed E-state index contributed by atoms with van der Waals surface area (Å²) in [7, 11) is 0. The number of rotatable bonds is 5. The minimum Gasteiger partial charge on any atom is -0.347 e. The molecule has 0 aliphatic rings. The van der Waals surface area contributed by atoms with Gasteiger partial charge >= 0.3 is 0 Å². The molecule has 2 aromatic rings. The molecule has 86 valence electrons. The van der Waals surface area contributed by atoms with E-state index in [0.717, 1.165) is 6.54 Å². The largest absolute Gasteiger partial charge is 0.347 e. The fourth-order valence-corrected chi connectivity index (χ4v) is 2.22. The highest BCUT2D eigenvalue weighted by Gasteiger charge is 2.00. The second kappa shape index (κ2) is 5.20. The maximum absolute atomic E-state index is 2.38. The fraction of sp³-hybridized carbons (Fsp3) is 0.467. The summed E-state index contributed by atoms with van der Waals surface area (Å²) in [5.41, 5.74) is 2.72. The number of nitrogens with zero attached hydrogens (tertiary/aromatic N) is 1. The Morgan fingerprint density at radius 3 is 2.75 bits per heavy atom. The first kappa shape index (κ1) is 11.3. The Balaban J connectivity index is 2.07. The van der Waals surface area contributed by atoms with E-state index in [1.807, 2.05) is 0 Å². The number of hydrogen-bond donors (Lipinski definition) is 0. The Morgan fingerprint density at radius 1 is 1.06 bits per heavy atom. The van der Waals surface area contributed by atoms with Gasteiger partial charge < -0.3 is 4.57 Å². The van der Waals surface area contributed by atoms with Crippen LogP contribution < -0.4 is 0 Å². The van der Waals surface area contributed by atoms with Gasteiger partial charge in [-0.15, -0.1) is 0 Å². The Hall–Kier alpha value is -1.24. The van der Waals surface area contributed by atoms with E-state index in [0.29, 0.717) is 0 Å². The summed E-state index contributed by atoms with van der Waals surface area (Å²) in [6.45, 7) is 5.57. The highest BCUT2D eigenvalue weighted by Crippen LogP contribution is 2.18. The summed E-state index contributed by atoms with van der Waals surface area (Å²) in [5.74, 6) is 0. The lowest BCUT2D eigenvalue weighted by Crippen LogP contribution is -1.95. The SMILES string of the molecule is CCCCCCn1ccc2cc(C)ccc21. The van der Waals surface area contributed by atoms with Gasteiger partial charge in [-0.1, -0.05) is 37.8 Å². The molecule has 16 heavy (non-hydrogen) atoms. The number of fused-ring (bicyclic) bond motifs is 1. The second-order valence-corrected chi connectivity index (χ2v) is 4.63. The van der Waals surface area contributed by atoms with Crippen LogP contribution in [0.1, 0.15) is 38.2 Å². The van der Waals surface area contributed by atoms with Crippen molar-refractivity contribution in [3.05, 3.63) is 36.0 Å². The van der Waals surface area contributed by atoms with E-state index in [1.165, 1.54) is 42.1 Å². The molecule has 1 aromatic heterocycles. The third-order valence-electron chi connectivity index (χ3n) is 3.18. The van der Waals surface area contributed by atoms with Gasteiger partial charge in [0.25, 0.3) is 0 Å². The average Bonchev–Trinajstić information content (AvgIpc) is 2.67. The van der Waals surface area contributed by atoms with Crippen molar-refractivity contribution in [2.45, 2.75) is 46.1 Å². The fourth-order valence-electron chi connectivity index (χ4n) is 2.22. The molecule has 1 heterocycles. The lowest BCUT2D eigenvalue weighted by atomic mass is 10.2. The van der Waals surface area contributed by atoms with Gasteiger partial charge in [0.1, 0.15) is 0 Å². The summed E-state index contributed by atoms with van der Waals surface area (Å²) in [4.78, 5) is 0. The summed E-state index contributed by atoms with van der Waals surface area (Å²) in [5, 5.41) is 1.37. The smallest absolute Gasteiger partial charge is 0.0480 e. The van der Waals surface area contributed by atoms with Gasteiger partial charge in [0.2, 0.25) is 0 Å². The van der Waals surface area contributed by atoms with Gasteiger partial charge in [0.05, 0.1) is 0 Å². The normalized spacial score (nSPS) is 11.1. The van der Waals surface area contributed by atoms with E-state index in [9.17, 15) is 0 Å². The lowest BCUT2D eigenvalue weighted by molar-refractivity contribution is 0.593. The Kier molecular flexibility index (Phi) is 3.66. The van der Waals surface area contributed by atoms with E-state index >= 15 is 0 Å². The molecule has 0 N–H and O–H groups in total. The zero-order valence-electron chi connectivity index (χ0n) is 10.4. The summed E-state index contributed by atoms with van der Waals surface area (Å²) in [6, 6.07) is 8.93. The van der Waals surface area contributed by atoms with Crippen LogP contribution in [0.4, 0.5) is 0 Å². The predicted octanol–water partition coefficient (Wildman–Crippen LogP) is 4.53. The van der Waals surface area contributed by atoms with Gasteiger partial charge in [0.15, 0.2) is 0 Å². The molecule has 0 aliphatic heterocycles. The molecular formula is C15H21N. The second-order valence-electron chi connectivity index (χ2n) is 4.63. The first-order valence-corrected chi connectivity index (χ1v) is 6.37. The van der Waals surface area contributed by atoms with Gasteiger partial charge in [-0.05, 0) is 36.9 Å². The minimum atomic E-state index is 1.16.